The standard InChI is InChI=1S/CH3N3.BrH/c1-3-4-2;/h1H3;1H. The van der Waals surface area contributed by atoms with Crippen molar-refractivity contribution in [1.82, 2.24) is 0 Å². The van der Waals surface area contributed by atoms with E-state index in [0.29, 0.717) is 0 Å². The molecule has 0 fully saturated rings. The molecule has 5 heavy (non-hydrogen) atoms. The summed E-state index contributed by atoms with van der Waals surface area (Å²) in [5, 5.41) is 2.92. The SMILES string of the molecule is Br.CN=[N+]=[N-]. The number of nitrogens with zero attached hydrogens (tertiary/aromatic N) is 3. The summed E-state index contributed by atoms with van der Waals surface area (Å²) in [6.45, 7) is 0. The van der Waals surface area contributed by atoms with E-state index in [1.54, 1.807) is 0 Å². The van der Waals surface area contributed by atoms with Crippen LogP contribution in [0, 0.1) is 0 Å². The maximum atomic E-state index is 7.33. The van der Waals surface area contributed by atoms with E-state index in [0.717, 1.165) is 0 Å². The largest absolute Gasteiger partial charge is 0.114 e. The normalized spacial score (nSPS) is 3.40. The lowest BCUT2D eigenvalue weighted by Gasteiger charge is -1.35. The van der Waals surface area contributed by atoms with Crippen LogP contribution in [-0.4, -0.2) is 7.05 Å². The second kappa shape index (κ2) is 9.21. The number of hydrogen-bond donors (Lipinski definition) is 0. The Balaban J connectivity index is 0. The van der Waals surface area contributed by atoms with Gasteiger partial charge in [-0.1, -0.05) is 5.11 Å². The second-order valence-electron chi connectivity index (χ2n) is 0.289. The van der Waals surface area contributed by atoms with Crippen LogP contribution in [0.25, 0.3) is 10.4 Å². The third-order valence-electron chi connectivity index (χ3n) is 0.0894. The number of halogens is 1. The van der Waals surface area contributed by atoms with Crippen molar-refractivity contribution < 1.29 is 0 Å². The first-order valence-electron chi connectivity index (χ1n) is 0.847. The Morgan fingerprint density at radius 1 is 1.80 bits per heavy atom. The van der Waals surface area contributed by atoms with Crippen molar-refractivity contribution in [1.29, 1.82) is 0 Å². The Labute approximate surface area is 40.4 Å². The van der Waals surface area contributed by atoms with Crippen LogP contribution in [-0.2, 0) is 0 Å². The molecule has 0 aromatic rings. The van der Waals surface area contributed by atoms with E-state index in [9.17, 15) is 0 Å². The molecular weight excluding hydrogens is 134 g/mol. The Hall–Kier alpha value is -0.210. The maximum Gasteiger partial charge on any atom is 0.0139 e. The zero-order valence-corrected chi connectivity index (χ0v) is 4.46. The smallest absolute Gasteiger partial charge is 0.0139 e. The molecule has 0 amide bonds. The van der Waals surface area contributed by atoms with Gasteiger partial charge in [0.25, 0.3) is 0 Å². The minimum Gasteiger partial charge on any atom is -0.114 e. The first kappa shape index (κ1) is 8.84. The molecule has 0 N–H and O–H groups in total. The van der Waals surface area contributed by atoms with Gasteiger partial charge < -0.3 is 0 Å². The molecule has 0 atom stereocenters. The van der Waals surface area contributed by atoms with Crippen LogP contribution < -0.4 is 0 Å². The van der Waals surface area contributed by atoms with Gasteiger partial charge in [-0.2, -0.15) is 0 Å². The minimum absolute atomic E-state index is 0. The summed E-state index contributed by atoms with van der Waals surface area (Å²) in [4.78, 5) is 2.36. The van der Waals surface area contributed by atoms with Gasteiger partial charge in [0, 0.05) is 12.0 Å². The van der Waals surface area contributed by atoms with E-state index in [1.165, 1.54) is 7.05 Å². The number of azide groups is 1. The van der Waals surface area contributed by atoms with Crippen molar-refractivity contribution in [3.05, 3.63) is 10.4 Å². The summed E-state index contributed by atoms with van der Waals surface area (Å²) < 4.78 is 0. The molecular formula is CH4BrN3. The van der Waals surface area contributed by atoms with Crippen LogP contribution in [0.1, 0.15) is 0 Å². The van der Waals surface area contributed by atoms with Crippen molar-refractivity contribution in [3.8, 4) is 0 Å². The topological polar surface area (TPSA) is 48.8 Å². The fraction of sp³-hybridized carbons (Fsp3) is 1.00. The Bertz CT molecular complexity index is 44.9. The van der Waals surface area contributed by atoms with Crippen molar-refractivity contribution in [3.63, 3.8) is 0 Å². The molecule has 0 aliphatic carbocycles. The van der Waals surface area contributed by atoms with Crippen LogP contribution in [0.2, 0.25) is 0 Å². The van der Waals surface area contributed by atoms with Gasteiger partial charge in [-0.3, -0.25) is 0 Å². The lowest BCUT2D eigenvalue weighted by atomic mass is 11.6. The predicted molar refractivity (Wildman–Crippen MR) is 25.4 cm³/mol. The molecule has 0 aromatic carbocycles. The summed E-state index contributed by atoms with van der Waals surface area (Å²) in [5.41, 5.74) is 7.33. The van der Waals surface area contributed by atoms with E-state index in [-0.39, 0.29) is 17.0 Å². The van der Waals surface area contributed by atoms with Crippen molar-refractivity contribution in [2.24, 2.45) is 5.11 Å². The van der Waals surface area contributed by atoms with Crippen LogP contribution in [0.5, 0.6) is 0 Å². The first-order chi connectivity index (χ1) is 1.91. The highest BCUT2D eigenvalue weighted by Gasteiger charge is 1.27. The van der Waals surface area contributed by atoms with E-state index in [2.05, 4.69) is 10.0 Å². The lowest BCUT2D eigenvalue weighted by Crippen LogP contribution is -1.22. The van der Waals surface area contributed by atoms with Crippen LogP contribution in [0.4, 0.5) is 0 Å². The molecule has 0 spiro atoms. The highest BCUT2D eigenvalue weighted by Crippen LogP contribution is 1.46. The van der Waals surface area contributed by atoms with E-state index in [1.807, 2.05) is 0 Å². The van der Waals surface area contributed by atoms with Gasteiger partial charge in [-0.05, 0) is 5.53 Å². The monoisotopic (exact) mass is 137 g/mol. The molecule has 0 saturated heterocycles. The van der Waals surface area contributed by atoms with Gasteiger partial charge in [0.15, 0.2) is 0 Å². The summed E-state index contributed by atoms with van der Waals surface area (Å²) in [6.07, 6.45) is 0. The average Bonchev–Trinajstić information content (AvgIpc) is 1.37. The zero-order chi connectivity index (χ0) is 3.41. The molecule has 0 saturated carbocycles. The van der Waals surface area contributed by atoms with Crippen molar-refractivity contribution in [2.75, 3.05) is 7.05 Å². The van der Waals surface area contributed by atoms with Gasteiger partial charge >= 0.3 is 0 Å². The van der Waals surface area contributed by atoms with Gasteiger partial charge in [0.2, 0.25) is 0 Å². The third kappa shape index (κ3) is 19.5. The third-order valence-corrected chi connectivity index (χ3v) is 0.0894. The quantitative estimate of drug-likeness (QED) is 0.276. The lowest BCUT2D eigenvalue weighted by molar-refractivity contribution is 1.40. The van der Waals surface area contributed by atoms with E-state index >= 15 is 0 Å². The van der Waals surface area contributed by atoms with Crippen LogP contribution in [0.3, 0.4) is 0 Å². The summed E-state index contributed by atoms with van der Waals surface area (Å²) in [7, 11) is 1.39. The summed E-state index contributed by atoms with van der Waals surface area (Å²) >= 11 is 0. The summed E-state index contributed by atoms with van der Waals surface area (Å²) in [6, 6.07) is 0. The number of hydrogen-bond acceptors (Lipinski definition) is 1. The maximum absolute atomic E-state index is 7.33. The van der Waals surface area contributed by atoms with Gasteiger partial charge in [0.05, 0.1) is 0 Å². The minimum atomic E-state index is 0. The van der Waals surface area contributed by atoms with Crippen molar-refractivity contribution in [2.45, 2.75) is 0 Å². The first-order valence-corrected chi connectivity index (χ1v) is 0.847. The molecule has 4 heteroatoms. The van der Waals surface area contributed by atoms with E-state index in [4.69, 9.17) is 5.53 Å². The van der Waals surface area contributed by atoms with E-state index < -0.39 is 0 Å². The van der Waals surface area contributed by atoms with Gasteiger partial charge in [-0.25, -0.2) is 0 Å². The highest BCUT2D eigenvalue weighted by molar-refractivity contribution is 8.93. The average molecular weight is 138 g/mol. The molecule has 3 nitrogen and oxygen atoms in total. The molecule has 0 aromatic heterocycles. The fourth-order valence-electron chi connectivity index (χ4n) is 0. The molecule has 0 unspecified atom stereocenters. The van der Waals surface area contributed by atoms with Crippen LogP contribution in [0.15, 0.2) is 5.11 Å². The molecule has 30 valence electrons. The molecule has 0 heterocycles. The van der Waals surface area contributed by atoms with Crippen LogP contribution >= 0.6 is 17.0 Å². The fourth-order valence-corrected chi connectivity index (χ4v) is 0. The number of rotatable bonds is 0. The molecule has 0 bridgehead atoms. The predicted octanol–water partition coefficient (Wildman–Crippen LogP) is 1.50. The Morgan fingerprint density at radius 2 is 2.00 bits per heavy atom. The molecule has 0 aliphatic heterocycles. The Kier molecular flexibility index (Phi) is 16.3. The molecule has 0 rings (SSSR count). The van der Waals surface area contributed by atoms with Gasteiger partial charge in [-0.15, -0.1) is 17.0 Å². The van der Waals surface area contributed by atoms with Gasteiger partial charge in [0.1, 0.15) is 0 Å². The molecule has 0 radical (unpaired) electrons. The second-order valence-corrected chi connectivity index (χ2v) is 0.289. The summed E-state index contributed by atoms with van der Waals surface area (Å²) in [5.74, 6) is 0. The zero-order valence-electron chi connectivity index (χ0n) is 2.75. The highest BCUT2D eigenvalue weighted by atomic mass is 79.9. The van der Waals surface area contributed by atoms with Crippen molar-refractivity contribution >= 4 is 17.0 Å². The molecule has 0 aliphatic rings. The Morgan fingerprint density at radius 3 is 2.00 bits per heavy atom.